The van der Waals surface area contributed by atoms with Crippen LogP contribution in [0.3, 0.4) is 0 Å². The summed E-state index contributed by atoms with van der Waals surface area (Å²) in [5.74, 6) is 1.38. The number of benzene rings is 1. The first-order valence-electron chi connectivity index (χ1n) is 10.5. The van der Waals surface area contributed by atoms with E-state index in [9.17, 15) is 0 Å². The summed E-state index contributed by atoms with van der Waals surface area (Å²) in [7, 11) is 0. The SMILES string of the molecule is N[C@@H]1COCC12CCN(c1cnc(Sc3cccc(Nc4ncccn4)c3Cl)cn1)CC2. The van der Waals surface area contributed by atoms with Crippen molar-refractivity contribution in [3.63, 3.8) is 0 Å². The Morgan fingerprint density at radius 3 is 2.59 bits per heavy atom. The van der Waals surface area contributed by atoms with Crippen molar-refractivity contribution in [2.24, 2.45) is 11.1 Å². The number of aromatic nitrogens is 4. The van der Waals surface area contributed by atoms with E-state index >= 15 is 0 Å². The minimum atomic E-state index is 0.125. The van der Waals surface area contributed by atoms with Gasteiger partial charge in [0.2, 0.25) is 5.95 Å². The first-order chi connectivity index (χ1) is 15.6. The van der Waals surface area contributed by atoms with Gasteiger partial charge in [0.15, 0.2) is 0 Å². The Morgan fingerprint density at radius 1 is 1.09 bits per heavy atom. The van der Waals surface area contributed by atoms with Gasteiger partial charge in [-0.1, -0.05) is 29.4 Å². The lowest BCUT2D eigenvalue weighted by atomic mass is 9.75. The van der Waals surface area contributed by atoms with Crippen molar-refractivity contribution in [3.8, 4) is 0 Å². The molecule has 0 amide bonds. The maximum absolute atomic E-state index is 6.62. The van der Waals surface area contributed by atoms with E-state index in [1.807, 2.05) is 24.4 Å². The molecule has 2 aromatic heterocycles. The highest BCUT2D eigenvalue weighted by atomic mass is 35.5. The van der Waals surface area contributed by atoms with Crippen LogP contribution in [0.25, 0.3) is 0 Å². The molecule has 0 saturated carbocycles. The summed E-state index contributed by atoms with van der Waals surface area (Å²) in [5, 5.41) is 4.52. The van der Waals surface area contributed by atoms with E-state index in [0.29, 0.717) is 17.6 Å². The number of rotatable bonds is 5. The molecule has 2 aliphatic heterocycles. The second-order valence-electron chi connectivity index (χ2n) is 8.10. The smallest absolute Gasteiger partial charge is 0.227 e. The summed E-state index contributed by atoms with van der Waals surface area (Å²) in [6.07, 6.45) is 9.03. The van der Waals surface area contributed by atoms with E-state index < -0.39 is 0 Å². The van der Waals surface area contributed by atoms with Gasteiger partial charge in [0.05, 0.1) is 36.3 Å². The van der Waals surface area contributed by atoms with Gasteiger partial charge in [0.25, 0.3) is 0 Å². The van der Waals surface area contributed by atoms with E-state index in [0.717, 1.165) is 54.0 Å². The van der Waals surface area contributed by atoms with Crippen LogP contribution in [0.15, 0.2) is 59.0 Å². The van der Waals surface area contributed by atoms with Crippen LogP contribution in [0.5, 0.6) is 0 Å². The number of ether oxygens (including phenoxy) is 1. The number of nitrogens with zero attached hydrogens (tertiary/aromatic N) is 5. The van der Waals surface area contributed by atoms with Crippen LogP contribution < -0.4 is 16.0 Å². The molecule has 2 fully saturated rings. The van der Waals surface area contributed by atoms with Crippen molar-refractivity contribution in [1.82, 2.24) is 19.9 Å². The average molecular weight is 470 g/mol. The van der Waals surface area contributed by atoms with Crippen LogP contribution in [0.2, 0.25) is 5.02 Å². The van der Waals surface area contributed by atoms with Gasteiger partial charge in [0, 0.05) is 41.8 Å². The quantitative estimate of drug-likeness (QED) is 0.578. The van der Waals surface area contributed by atoms with Crippen LogP contribution in [-0.2, 0) is 4.74 Å². The molecule has 0 bridgehead atoms. The predicted molar refractivity (Wildman–Crippen MR) is 126 cm³/mol. The van der Waals surface area contributed by atoms with Gasteiger partial charge in [0.1, 0.15) is 10.8 Å². The topological polar surface area (TPSA) is 102 Å². The van der Waals surface area contributed by atoms with Gasteiger partial charge < -0.3 is 20.7 Å². The Kier molecular flexibility index (Phi) is 6.14. The molecule has 2 saturated heterocycles. The number of nitrogens with one attached hydrogen (secondary N) is 1. The first kappa shape index (κ1) is 21.4. The van der Waals surface area contributed by atoms with Crippen LogP contribution in [-0.4, -0.2) is 52.3 Å². The van der Waals surface area contributed by atoms with E-state index in [1.165, 1.54) is 11.8 Å². The van der Waals surface area contributed by atoms with E-state index in [4.69, 9.17) is 22.1 Å². The number of halogens is 1. The Bertz CT molecular complexity index is 1060. The highest BCUT2D eigenvalue weighted by Crippen LogP contribution is 2.40. The fourth-order valence-corrected chi connectivity index (χ4v) is 5.25. The highest BCUT2D eigenvalue weighted by molar-refractivity contribution is 7.99. The zero-order chi connectivity index (χ0) is 22.0. The molecule has 10 heteroatoms. The molecule has 5 rings (SSSR count). The van der Waals surface area contributed by atoms with Crippen molar-refractivity contribution in [3.05, 3.63) is 54.1 Å². The van der Waals surface area contributed by atoms with Gasteiger partial charge in [-0.2, -0.15) is 0 Å². The number of hydrogen-bond donors (Lipinski definition) is 2. The fraction of sp³-hybridized carbons (Fsp3) is 0.364. The van der Waals surface area contributed by atoms with E-state index in [2.05, 4.69) is 30.2 Å². The number of piperidine rings is 1. The van der Waals surface area contributed by atoms with E-state index in [1.54, 1.807) is 24.7 Å². The third-order valence-electron chi connectivity index (χ3n) is 6.16. The summed E-state index contributed by atoms with van der Waals surface area (Å²) >= 11 is 8.09. The molecule has 1 atom stereocenters. The normalized spacial score (nSPS) is 19.9. The largest absolute Gasteiger partial charge is 0.379 e. The van der Waals surface area contributed by atoms with Gasteiger partial charge in [-0.3, -0.25) is 0 Å². The first-order valence-corrected chi connectivity index (χ1v) is 11.7. The summed E-state index contributed by atoms with van der Waals surface area (Å²) in [5.41, 5.74) is 7.16. The van der Waals surface area contributed by atoms with Crippen LogP contribution >= 0.6 is 23.4 Å². The Morgan fingerprint density at radius 2 is 1.91 bits per heavy atom. The van der Waals surface area contributed by atoms with Gasteiger partial charge in [-0.05, 0) is 31.0 Å². The summed E-state index contributed by atoms with van der Waals surface area (Å²) < 4.78 is 5.62. The molecule has 166 valence electrons. The molecule has 2 aliphatic rings. The Hall–Kier alpha value is -2.46. The third kappa shape index (κ3) is 4.38. The summed E-state index contributed by atoms with van der Waals surface area (Å²) in [4.78, 5) is 20.8. The predicted octanol–water partition coefficient (Wildman–Crippen LogP) is 3.76. The van der Waals surface area contributed by atoms with E-state index in [-0.39, 0.29) is 11.5 Å². The molecule has 8 nitrogen and oxygen atoms in total. The van der Waals surface area contributed by atoms with Gasteiger partial charge in [-0.15, -0.1) is 0 Å². The Balaban J connectivity index is 1.24. The van der Waals surface area contributed by atoms with Crippen molar-refractivity contribution >= 4 is 40.8 Å². The number of hydrogen-bond acceptors (Lipinski definition) is 9. The standard InChI is InChI=1S/C22H24ClN7OS/c23-20-15(29-21-25-7-2-8-26-21)3-1-4-16(20)32-19-12-27-18(11-28-19)30-9-5-22(6-10-30)14-31-13-17(22)24/h1-4,7-8,11-12,17H,5-6,9-10,13-14,24H2,(H,25,26,29)/t17-/m1/s1. The zero-order valence-electron chi connectivity index (χ0n) is 17.4. The second-order valence-corrected chi connectivity index (χ2v) is 9.54. The summed E-state index contributed by atoms with van der Waals surface area (Å²) in [6, 6.07) is 7.68. The molecule has 3 aromatic rings. The minimum absolute atomic E-state index is 0.125. The molecule has 0 aliphatic carbocycles. The average Bonchev–Trinajstić information content (AvgIpc) is 3.18. The van der Waals surface area contributed by atoms with Crippen molar-refractivity contribution in [2.75, 3.05) is 36.5 Å². The van der Waals surface area contributed by atoms with Gasteiger partial charge in [-0.25, -0.2) is 19.9 Å². The monoisotopic (exact) mass is 469 g/mol. The van der Waals surface area contributed by atoms with Gasteiger partial charge >= 0.3 is 0 Å². The maximum Gasteiger partial charge on any atom is 0.227 e. The molecule has 0 unspecified atom stereocenters. The molecule has 0 radical (unpaired) electrons. The molecule has 1 aromatic carbocycles. The molecule has 3 N–H and O–H groups in total. The molecule has 4 heterocycles. The second kappa shape index (κ2) is 9.19. The summed E-state index contributed by atoms with van der Waals surface area (Å²) in [6.45, 7) is 3.27. The van der Waals surface area contributed by atoms with Crippen molar-refractivity contribution in [2.45, 2.75) is 28.8 Å². The Labute approximate surface area is 196 Å². The number of nitrogens with two attached hydrogens (primary N) is 1. The molecular weight excluding hydrogens is 446 g/mol. The highest BCUT2D eigenvalue weighted by Gasteiger charge is 2.44. The minimum Gasteiger partial charge on any atom is -0.379 e. The fourth-order valence-electron chi connectivity index (χ4n) is 4.18. The molecular formula is C22H24ClN7OS. The zero-order valence-corrected chi connectivity index (χ0v) is 19.0. The lowest BCUT2D eigenvalue weighted by molar-refractivity contribution is 0.131. The van der Waals surface area contributed by atoms with Crippen LogP contribution in [0.4, 0.5) is 17.5 Å². The maximum atomic E-state index is 6.62. The lowest BCUT2D eigenvalue weighted by Crippen LogP contribution is -2.49. The third-order valence-corrected chi connectivity index (χ3v) is 7.66. The lowest BCUT2D eigenvalue weighted by Gasteiger charge is -2.41. The molecule has 1 spiro atoms. The van der Waals surface area contributed by atoms with Crippen LogP contribution in [0, 0.1) is 5.41 Å². The van der Waals surface area contributed by atoms with Crippen molar-refractivity contribution in [1.29, 1.82) is 0 Å². The number of anilines is 3. The molecule has 32 heavy (non-hydrogen) atoms. The van der Waals surface area contributed by atoms with Crippen LogP contribution in [0.1, 0.15) is 12.8 Å². The van der Waals surface area contributed by atoms with Crippen molar-refractivity contribution < 1.29 is 4.74 Å².